The van der Waals surface area contributed by atoms with Crippen molar-refractivity contribution in [3.05, 3.63) is 163 Å². The monoisotopic (exact) mass is 1230 g/mol. The van der Waals surface area contributed by atoms with Crippen molar-refractivity contribution in [1.82, 2.24) is 29.9 Å². The molecule has 0 saturated carbocycles. The average molecular weight is 1230 g/mol. The van der Waals surface area contributed by atoms with E-state index in [2.05, 4.69) is 104 Å². The fourth-order valence-electron chi connectivity index (χ4n) is 5.00. The molecule has 0 radical (unpaired) electrons. The maximum atomic E-state index is 12.5. The van der Waals surface area contributed by atoms with Crippen LogP contribution in [0.5, 0.6) is 0 Å². The number of pyridine rings is 6. The first-order valence-corrected chi connectivity index (χ1v) is 25.4. The van der Waals surface area contributed by atoms with Gasteiger partial charge in [0.25, 0.3) is 0 Å². The molecule has 0 aliphatic rings. The largest absolute Gasteiger partial charge is 0.519 e. The molecule has 0 atom stereocenters. The van der Waals surface area contributed by atoms with Crippen LogP contribution in [-0.4, -0.2) is 84.7 Å². The van der Waals surface area contributed by atoms with Gasteiger partial charge in [-0.2, -0.15) is 0 Å². The van der Waals surface area contributed by atoms with Gasteiger partial charge >= 0.3 is 18.4 Å². The van der Waals surface area contributed by atoms with Gasteiger partial charge in [-0.05, 0) is 205 Å². The number of nitrogens with two attached hydrogens (primary N) is 1. The minimum atomic E-state index is -1.06. The highest BCUT2D eigenvalue weighted by Crippen LogP contribution is 2.20. The topological polar surface area (TPSA) is 207 Å². The number of anilines is 2. The van der Waals surface area contributed by atoms with Gasteiger partial charge in [-0.1, -0.05) is 36.4 Å². The zero-order valence-electron chi connectivity index (χ0n) is 41.4. The molecule has 6 aromatic heterocycles. The Morgan fingerprint density at radius 3 is 1.34 bits per heavy atom. The molecular formula is C51H63Br4N9O7. The van der Waals surface area contributed by atoms with Crippen LogP contribution in [0.2, 0.25) is 0 Å². The molecule has 0 aliphatic carbocycles. The molecule has 1 amide bonds. The van der Waals surface area contributed by atoms with Crippen LogP contribution in [-0.2, 0) is 38.2 Å². The van der Waals surface area contributed by atoms with Crippen LogP contribution >= 0.6 is 63.7 Å². The van der Waals surface area contributed by atoms with Gasteiger partial charge < -0.3 is 30.0 Å². The van der Waals surface area contributed by atoms with Crippen molar-refractivity contribution >= 4 is 93.8 Å². The number of nitrogens with one attached hydrogen (secondary N) is 1. The molecule has 382 valence electrons. The summed E-state index contributed by atoms with van der Waals surface area (Å²) in [7, 11) is 0. The van der Waals surface area contributed by atoms with Gasteiger partial charge in [0.2, 0.25) is 0 Å². The molecule has 71 heavy (non-hydrogen) atoms. The third-order valence-corrected chi connectivity index (χ3v) is 9.56. The first kappa shape index (κ1) is 61.7. The summed E-state index contributed by atoms with van der Waals surface area (Å²) in [5.74, 6) is 1.43. The molecule has 0 aromatic carbocycles. The maximum Gasteiger partial charge on any atom is 0.519 e. The van der Waals surface area contributed by atoms with Crippen LogP contribution in [0.3, 0.4) is 0 Å². The Kier molecular flexibility index (Phi) is 28.3. The Morgan fingerprint density at radius 1 is 0.521 bits per heavy atom. The zero-order valence-corrected chi connectivity index (χ0v) is 47.8. The Hall–Kier alpha value is -5.41. The summed E-state index contributed by atoms with van der Waals surface area (Å²) >= 11 is 13.1. The summed E-state index contributed by atoms with van der Waals surface area (Å²) in [6, 6.07) is 34.5. The molecule has 16 nitrogen and oxygen atoms in total. The Labute approximate surface area is 451 Å². The molecule has 0 bridgehead atoms. The van der Waals surface area contributed by atoms with Gasteiger partial charge in [-0.3, -0.25) is 19.9 Å². The zero-order chi connectivity index (χ0) is 52.9. The lowest BCUT2D eigenvalue weighted by molar-refractivity contribution is -0.0294. The van der Waals surface area contributed by atoms with E-state index < -0.39 is 35.2 Å². The number of aromatic nitrogens is 6. The van der Waals surface area contributed by atoms with E-state index in [-0.39, 0.29) is 0 Å². The number of rotatable bonds is 10. The Balaban J connectivity index is 0.000000319. The lowest BCUT2D eigenvalue weighted by Crippen LogP contribution is -2.38. The molecule has 6 heterocycles. The smallest absolute Gasteiger partial charge is 0.443 e. The van der Waals surface area contributed by atoms with Gasteiger partial charge in [0.05, 0.1) is 0 Å². The van der Waals surface area contributed by atoms with E-state index in [0.29, 0.717) is 29.9 Å². The number of amides is 1. The van der Waals surface area contributed by atoms with Crippen LogP contribution in [0.1, 0.15) is 79.4 Å². The van der Waals surface area contributed by atoms with Crippen molar-refractivity contribution in [3.8, 4) is 0 Å². The molecule has 3 N–H and O–H groups in total. The molecule has 6 rings (SSSR count). The average Bonchev–Trinajstić information content (AvgIpc) is 3.27. The van der Waals surface area contributed by atoms with E-state index in [1.165, 1.54) is 4.90 Å². The van der Waals surface area contributed by atoms with E-state index in [9.17, 15) is 14.4 Å². The Morgan fingerprint density at radius 2 is 0.944 bits per heavy atom. The molecule has 0 aliphatic heterocycles. The van der Waals surface area contributed by atoms with Crippen LogP contribution in [0.4, 0.5) is 26.0 Å². The minimum Gasteiger partial charge on any atom is -0.443 e. The van der Waals surface area contributed by atoms with Crippen LogP contribution in [0.15, 0.2) is 146 Å². The van der Waals surface area contributed by atoms with Crippen molar-refractivity contribution in [1.29, 1.82) is 0 Å². The predicted molar refractivity (Wildman–Crippen MR) is 292 cm³/mol. The fraction of sp³-hybridized carbons (Fsp3) is 0.353. The van der Waals surface area contributed by atoms with E-state index in [0.717, 1.165) is 56.1 Å². The SMILES string of the molecule is Brc1cccc(Br)n1.Brc1cccc(NCCc2ccccn2)n1.CC(C)(C)OC(=O)N(CCc1ccccn1)c1cccc(Br)n1.CC(C)(C)OC(=O)OC(=O)OC(C)(C)C.NCCc1ccccn1. The van der Waals surface area contributed by atoms with E-state index in [1.807, 2.05) is 130 Å². The van der Waals surface area contributed by atoms with Crippen molar-refractivity contribution in [2.45, 2.75) is 98.4 Å². The summed E-state index contributed by atoms with van der Waals surface area (Å²) in [4.78, 5) is 61.4. The second-order valence-corrected chi connectivity index (χ2v) is 20.8. The number of carbonyl (C=O) groups excluding carboxylic acids is 3. The molecule has 0 unspecified atom stereocenters. The highest BCUT2D eigenvalue weighted by molar-refractivity contribution is 9.11. The van der Waals surface area contributed by atoms with Gasteiger partial charge in [0.1, 0.15) is 46.9 Å². The second kappa shape index (κ2) is 32.5. The first-order valence-electron chi connectivity index (χ1n) is 22.2. The molecular weight excluding hydrogens is 1170 g/mol. The fourth-order valence-corrected chi connectivity index (χ4v) is 6.60. The number of carbonyl (C=O) groups is 3. The molecule has 0 fully saturated rings. The van der Waals surface area contributed by atoms with Gasteiger partial charge in [0.15, 0.2) is 0 Å². The summed E-state index contributed by atoms with van der Waals surface area (Å²) < 4.78 is 22.5. The normalized spacial score (nSPS) is 10.6. The third kappa shape index (κ3) is 31.5. The third-order valence-electron chi connectivity index (χ3n) is 7.79. The van der Waals surface area contributed by atoms with Crippen LogP contribution in [0.25, 0.3) is 0 Å². The highest BCUT2D eigenvalue weighted by atomic mass is 79.9. The number of ether oxygens (including phenoxy) is 4. The number of nitrogens with zero attached hydrogens (tertiary/aromatic N) is 7. The van der Waals surface area contributed by atoms with E-state index in [1.54, 1.807) is 60.0 Å². The van der Waals surface area contributed by atoms with Gasteiger partial charge in [0, 0.05) is 68.0 Å². The lowest BCUT2D eigenvalue weighted by atomic mass is 10.2. The lowest BCUT2D eigenvalue weighted by Gasteiger charge is -2.26. The van der Waals surface area contributed by atoms with Crippen LogP contribution < -0.4 is 16.0 Å². The summed E-state index contributed by atoms with van der Waals surface area (Å²) in [5.41, 5.74) is 6.44. The molecule has 6 aromatic rings. The van der Waals surface area contributed by atoms with Crippen molar-refractivity contribution < 1.29 is 33.3 Å². The van der Waals surface area contributed by atoms with E-state index in [4.69, 9.17) is 19.9 Å². The quantitative estimate of drug-likeness (QED) is 0.0566. The maximum absolute atomic E-state index is 12.5. The van der Waals surface area contributed by atoms with E-state index >= 15 is 0 Å². The second-order valence-electron chi connectivity index (χ2n) is 17.5. The Bertz CT molecular complexity index is 2420. The van der Waals surface area contributed by atoms with Crippen molar-refractivity contribution in [3.63, 3.8) is 0 Å². The van der Waals surface area contributed by atoms with Gasteiger partial charge in [-0.25, -0.2) is 29.3 Å². The van der Waals surface area contributed by atoms with Crippen molar-refractivity contribution in [2.24, 2.45) is 5.73 Å². The summed E-state index contributed by atoms with van der Waals surface area (Å²) in [5, 5.41) is 3.25. The number of hydrogen-bond donors (Lipinski definition) is 2. The first-order chi connectivity index (χ1) is 33.4. The van der Waals surface area contributed by atoms with Crippen molar-refractivity contribution in [2.75, 3.05) is 29.9 Å². The molecule has 20 heteroatoms. The summed E-state index contributed by atoms with van der Waals surface area (Å²) in [6.07, 6.45) is 5.19. The number of halogens is 4. The van der Waals surface area contributed by atoms with Crippen LogP contribution in [0, 0.1) is 0 Å². The minimum absolute atomic E-state index is 0.418. The standard InChI is InChI=1S/C17H20BrN3O2.C12H12BrN3.C10H18O5.C7H10N2.C5H3Br2N/c1-17(2,3)23-16(22)21(15-9-6-8-14(18)20-15)12-10-13-7-4-5-11-19-13;13-11-5-3-6-12(16-11)15-9-7-10-4-1-2-8-14-10;1-9(2,3)14-7(11)13-8(12)15-10(4,5)6;8-5-4-7-3-1-2-6-9-7;6-4-2-1-3-5(7)8-4/h4-9,11H,10,12H2,1-3H3;1-6,8H,7,9H2,(H,15,16);1-6H3;1-3,6H,4-5,8H2;1-3H. The predicted octanol–water partition coefficient (Wildman–Crippen LogP) is 13.2. The molecule has 0 saturated heterocycles. The summed E-state index contributed by atoms with van der Waals surface area (Å²) in [6.45, 7) is 17.5. The number of hydrogen-bond acceptors (Lipinski definition) is 15. The highest BCUT2D eigenvalue weighted by Gasteiger charge is 2.25. The van der Waals surface area contributed by atoms with Gasteiger partial charge in [-0.15, -0.1) is 0 Å². The molecule has 0 spiro atoms.